The molecule has 1 unspecified atom stereocenters. The number of hydrogen-bond acceptors (Lipinski definition) is 4. The Morgan fingerprint density at radius 3 is 2.28 bits per heavy atom. The van der Waals surface area contributed by atoms with Crippen LogP contribution in [0.15, 0.2) is 48.5 Å². The quantitative estimate of drug-likeness (QED) is 0.755. The van der Waals surface area contributed by atoms with Crippen LogP contribution in [-0.4, -0.2) is 43.0 Å². The summed E-state index contributed by atoms with van der Waals surface area (Å²) in [6, 6.07) is 14.7. The average molecular weight is 396 g/mol. The number of carbonyl (C=O) groups is 2. The molecule has 0 aromatic heterocycles. The highest BCUT2D eigenvalue weighted by Crippen LogP contribution is 2.24. The van der Waals surface area contributed by atoms with Gasteiger partial charge in [0.2, 0.25) is 11.8 Å². The van der Waals surface area contributed by atoms with Gasteiger partial charge in [-0.3, -0.25) is 14.5 Å². The van der Waals surface area contributed by atoms with Crippen molar-refractivity contribution >= 4 is 17.5 Å². The van der Waals surface area contributed by atoms with E-state index in [-0.39, 0.29) is 11.9 Å². The van der Waals surface area contributed by atoms with Crippen molar-refractivity contribution in [3.8, 4) is 5.75 Å². The number of nitrogens with zero attached hydrogens (tertiary/aromatic N) is 1. The number of nitrogens with two attached hydrogens (primary N) is 1. The van der Waals surface area contributed by atoms with E-state index in [2.05, 4.69) is 22.3 Å². The number of amides is 2. The Labute approximate surface area is 172 Å². The molecule has 29 heavy (non-hydrogen) atoms. The molecule has 1 aliphatic heterocycles. The molecular formula is C23H29N3O3. The molecule has 0 radical (unpaired) electrons. The predicted molar refractivity (Wildman–Crippen MR) is 114 cm³/mol. The number of anilines is 1. The van der Waals surface area contributed by atoms with Crippen molar-refractivity contribution in [2.75, 3.05) is 25.5 Å². The number of carbonyl (C=O) groups excluding carboxylic acids is 2. The van der Waals surface area contributed by atoms with E-state index in [1.807, 2.05) is 19.1 Å². The number of rotatable bonds is 7. The molecule has 2 amide bonds. The lowest BCUT2D eigenvalue weighted by atomic mass is 9.89. The summed E-state index contributed by atoms with van der Waals surface area (Å²) in [5, 5.41) is 2.92. The first kappa shape index (κ1) is 20.9. The lowest BCUT2D eigenvalue weighted by Crippen LogP contribution is -2.46. The highest BCUT2D eigenvalue weighted by molar-refractivity contribution is 5.96. The van der Waals surface area contributed by atoms with Crippen molar-refractivity contribution in [2.24, 2.45) is 11.7 Å². The Hall–Kier alpha value is -2.86. The van der Waals surface area contributed by atoms with Gasteiger partial charge in [0.25, 0.3) is 0 Å². The largest absolute Gasteiger partial charge is 0.497 e. The number of ether oxygens (including phenoxy) is 1. The first-order valence-corrected chi connectivity index (χ1v) is 10.0. The summed E-state index contributed by atoms with van der Waals surface area (Å²) in [7, 11) is 1.68. The molecule has 0 aliphatic carbocycles. The van der Waals surface area contributed by atoms with Gasteiger partial charge in [-0.1, -0.05) is 12.1 Å². The van der Waals surface area contributed by atoms with Crippen molar-refractivity contribution in [2.45, 2.75) is 32.2 Å². The molecule has 1 saturated heterocycles. The van der Waals surface area contributed by atoms with Crippen LogP contribution in [0.5, 0.6) is 5.75 Å². The third-order valence-corrected chi connectivity index (χ3v) is 5.70. The van der Waals surface area contributed by atoms with Crippen molar-refractivity contribution in [1.82, 2.24) is 4.90 Å². The van der Waals surface area contributed by atoms with Crippen LogP contribution in [0, 0.1) is 5.92 Å². The molecule has 1 fully saturated rings. The zero-order valence-electron chi connectivity index (χ0n) is 17.1. The number of benzene rings is 2. The van der Waals surface area contributed by atoms with E-state index < -0.39 is 5.91 Å². The molecule has 2 aromatic carbocycles. The second-order valence-corrected chi connectivity index (χ2v) is 7.64. The van der Waals surface area contributed by atoms with Crippen LogP contribution in [-0.2, 0) is 11.2 Å². The van der Waals surface area contributed by atoms with Gasteiger partial charge in [0.1, 0.15) is 5.75 Å². The molecule has 6 nitrogen and oxygen atoms in total. The molecule has 1 aliphatic rings. The van der Waals surface area contributed by atoms with E-state index in [1.54, 1.807) is 31.4 Å². The molecule has 0 saturated carbocycles. The maximum Gasteiger partial charge on any atom is 0.248 e. The van der Waals surface area contributed by atoms with Crippen LogP contribution in [0.1, 0.15) is 35.7 Å². The topological polar surface area (TPSA) is 84.7 Å². The van der Waals surface area contributed by atoms with Crippen LogP contribution in [0.2, 0.25) is 0 Å². The van der Waals surface area contributed by atoms with Gasteiger partial charge in [0.05, 0.1) is 13.2 Å². The molecule has 1 atom stereocenters. The van der Waals surface area contributed by atoms with Crippen LogP contribution in [0.4, 0.5) is 5.69 Å². The molecule has 3 rings (SSSR count). The van der Waals surface area contributed by atoms with E-state index in [0.29, 0.717) is 17.2 Å². The Kier molecular flexibility index (Phi) is 6.88. The second-order valence-electron chi connectivity index (χ2n) is 7.64. The van der Waals surface area contributed by atoms with Crippen LogP contribution in [0.3, 0.4) is 0 Å². The van der Waals surface area contributed by atoms with Gasteiger partial charge < -0.3 is 15.8 Å². The third-order valence-electron chi connectivity index (χ3n) is 5.70. The van der Waals surface area contributed by atoms with Gasteiger partial charge in [0, 0.05) is 11.3 Å². The first-order chi connectivity index (χ1) is 14.0. The number of piperidine rings is 1. The third kappa shape index (κ3) is 5.57. The SMILES string of the molecule is COc1ccc(CC2CCN(C(C)C(=O)Nc3ccc(C(N)=O)cc3)CC2)cc1. The summed E-state index contributed by atoms with van der Waals surface area (Å²) in [6.45, 7) is 3.77. The Morgan fingerprint density at radius 2 is 1.72 bits per heavy atom. The van der Waals surface area contributed by atoms with Crippen molar-refractivity contribution in [3.05, 3.63) is 59.7 Å². The molecule has 6 heteroatoms. The minimum absolute atomic E-state index is 0.0366. The van der Waals surface area contributed by atoms with Gasteiger partial charge in [-0.05, 0) is 87.2 Å². The summed E-state index contributed by atoms with van der Waals surface area (Å²) < 4.78 is 5.22. The van der Waals surface area contributed by atoms with E-state index in [1.165, 1.54) is 5.56 Å². The van der Waals surface area contributed by atoms with Crippen LogP contribution in [0.25, 0.3) is 0 Å². The Balaban J connectivity index is 1.47. The lowest BCUT2D eigenvalue weighted by molar-refractivity contribution is -0.121. The summed E-state index contributed by atoms with van der Waals surface area (Å²) in [5.74, 6) is 1.00. The Bertz CT molecular complexity index is 825. The molecule has 3 N–H and O–H groups in total. The monoisotopic (exact) mass is 395 g/mol. The highest BCUT2D eigenvalue weighted by atomic mass is 16.5. The fraction of sp³-hybridized carbons (Fsp3) is 0.391. The summed E-state index contributed by atoms with van der Waals surface area (Å²) in [5.41, 5.74) is 7.67. The minimum atomic E-state index is -0.478. The highest BCUT2D eigenvalue weighted by Gasteiger charge is 2.26. The number of likely N-dealkylation sites (tertiary alicyclic amines) is 1. The number of methoxy groups -OCH3 is 1. The van der Waals surface area contributed by atoms with E-state index in [0.717, 1.165) is 38.1 Å². The fourth-order valence-electron chi connectivity index (χ4n) is 3.77. The predicted octanol–water partition coefficient (Wildman–Crippen LogP) is 3.08. The smallest absolute Gasteiger partial charge is 0.248 e. The summed E-state index contributed by atoms with van der Waals surface area (Å²) in [4.78, 5) is 26.0. The normalized spacial score (nSPS) is 16.2. The van der Waals surface area contributed by atoms with E-state index in [9.17, 15) is 9.59 Å². The standard InChI is InChI=1S/C23H29N3O3/c1-16(23(28)25-20-7-5-19(6-8-20)22(24)27)26-13-11-18(12-14-26)15-17-3-9-21(29-2)10-4-17/h3-10,16,18H,11-15H2,1-2H3,(H2,24,27)(H,25,28). The second kappa shape index (κ2) is 9.56. The zero-order chi connectivity index (χ0) is 20.8. The molecule has 0 bridgehead atoms. The number of nitrogens with one attached hydrogen (secondary N) is 1. The average Bonchev–Trinajstić information content (AvgIpc) is 2.74. The molecule has 1 heterocycles. The van der Waals surface area contributed by atoms with Gasteiger partial charge >= 0.3 is 0 Å². The van der Waals surface area contributed by atoms with E-state index >= 15 is 0 Å². The summed E-state index contributed by atoms with van der Waals surface area (Å²) in [6.07, 6.45) is 3.22. The van der Waals surface area contributed by atoms with Crippen LogP contribution >= 0.6 is 0 Å². The van der Waals surface area contributed by atoms with Crippen molar-refractivity contribution < 1.29 is 14.3 Å². The molecule has 0 spiro atoms. The number of hydrogen-bond donors (Lipinski definition) is 2. The van der Waals surface area contributed by atoms with Crippen molar-refractivity contribution in [1.29, 1.82) is 0 Å². The minimum Gasteiger partial charge on any atom is -0.497 e. The first-order valence-electron chi connectivity index (χ1n) is 10.0. The molecular weight excluding hydrogens is 366 g/mol. The van der Waals surface area contributed by atoms with Gasteiger partial charge in [-0.15, -0.1) is 0 Å². The van der Waals surface area contributed by atoms with Crippen molar-refractivity contribution in [3.63, 3.8) is 0 Å². The lowest BCUT2D eigenvalue weighted by Gasteiger charge is -2.35. The van der Waals surface area contributed by atoms with Gasteiger partial charge in [-0.25, -0.2) is 0 Å². The molecule has 154 valence electrons. The zero-order valence-corrected chi connectivity index (χ0v) is 17.1. The van der Waals surface area contributed by atoms with Crippen LogP contribution < -0.4 is 15.8 Å². The fourth-order valence-corrected chi connectivity index (χ4v) is 3.77. The summed E-state index contributed by atoms with van der Waals surface area (Å²) >= 11 is 0. The molecule has 2 aromatic rings. The van der Waals surface area contributed by atoms with Gasteiger partial charge in [0.15, 0.2) is 0 Å². The number of primary amides is 1. The Morgan fingerprint density at radius 1 is 1.10 bits per heavy atom. The van der Waals surface area contributed by atoms with Gasteiger partial charge in [-0.2, -0.15) is 0 Å². The maximum atomic E-state index is 12.6. The maximum absolute atomic E-state index is 12.6. The van der Waals surface area contributed by atoms with E-state index in [4.69, 9.17) is 10.5 Å².